The Hall–Kier alpha value is -0.200. The fourth-order valence-corrected chi connectivity index (χ4v) is 1.98. The minimum atomic E-state index is -2.59. The van der Waals surface area contributed by atoms with Crippen LogP contribution in [0, 0.1) is 5.92 Å². The van der Waals surface area contributed by atoms with Gasteiger partial charge in [-0.1, -0.05) is 45.4 Å². The van der Waals surface area contributed by atoms with Crippen LogP contribution in [-0.4, -0.2) is 40.9 Å². The van der Waals surface area contributed by atoms with E-state index >= 15 is 0 Å². The van der Waals surface area contributed by atoms with Crippen molar-refractivity contribution in [1.82, 2.24) is 5.32 Å². The van der Waals surface area contributed by atoms with Gasteiger partial charge >= 0.3 is 0 Å². The Labute approximate surface area is 110 Å². The van der Waals surface area contributed by atoms with Crippen molar-refractivity contribution in [2.75, 3.05) is 19.6 Å². The Morgan fingerprint density at radius 3 is 2.22 bits per heavy atom. The van der Waals surface area contributed by atoms with E-state index in [1.54, 1.807) is 0 Å². The summed E-state index contributed by atoms with van der Waals surface area (Å²) in [6, 6.07) is 0. The van der Waals surface area contributed by atoms with E-state index in [9.17, 15) is 15.3 Å². The number of hydrogen-bond donors (Lipinski definition) is 5. The Morgan fingerprint density at radius 2 is 1.67 bits per heavy atom. The molecule has 5 nitrogen and oxygen atoms in total. The summed E-state index contributed by atoms with van der Waals surface area (Å²) in [6.45, 7) is 3.66. The summed E-state index contributed by atoms with van der Waals surface area (Å²) in [4.78, 5) is 0. The van der Waals surface area contributed by atoms with E-state index in [1.165, 1.54) is 25.7 Å². The lowest BCUT2D eigenvalue weighted by molar-refractivity contribution is -0.341. The molecule has 0 aromatic rings. The average molecular weight is 262 g/mol. The fraction of sp³-hybridized carbons (Fsp3) is 1.00. The molecule has 1 unspecified atom stereocenters. The van der Waals surface area contributed by atoms with Gasteiger partial charge in [-0.05, 0) is 6.42 Å². The van der Waals surface area contributed by atoms with Crippen LogP contribution in [0.15, 0.2) is 0 Å². The van der Waals surface area contributed by atoms with E-state index in [1.807, 2.05) is 0 Å². The molecule has 0 aromatic heterocycles. The van der Waals surface area contributed by atoms with Crippen LogP contribution in [0.3, 0.4) is 0 Å². The number of unbranched alkanes of at least 4 members (excludes halogenated alkanes) is 5. The van der Waals surface area contributed by atoms with Crippen LogP contribution >= 0.6 is 0 Å². The molecule has 18 heavy (non-hydrogen) atoms. The summed E-state index contributed by atoms with van der Waals surface area (Å²) in [5, 5.41) is 30.8. The highest BCUT2D eigenvalue weighted by Gasteiger charge is 2.30. The standard InChI is InChI=1S/C13H30N2O3/c1-2-3-4-5-6-7-8-12(13(16,17)18)11-15-10-9-14/h12,15-18H,2-11,14H2,1H3. The van der Waals surface area contributed by atoms with Gasteiger partial charge in [-0.3, -0.25) is 0 Å². The first-order chi connectivity index (χ1) is 8.52. The lowest BCUT2D eigenvalue weighted by Crippen LogP contribution is -2.43. The van der Waals surface area contributed by atoms with Crippen LogP contribution in [0.1, 0.15) is 51.9 Å². The minimum Gasteiger partial charge on any atom is -0.343 e. The van der Waals surface area contributed by atoms with Crippen molar-refractivity contribution in [2.24, 2.45) is 11.7 Å². The smallest absolute Gasteiger partial charge is 0.279 e. The molecule has 0 aliphatic heterocycles. The van der Waals surface area contributed by atoms with Crippen LogP contribution < -0.4 is 11.1 Å². The first-order valence-corrected chi connectivity index (χ1v) is 7.10. The van der Waals surface area contributed by atoms with Crippen LogP contribution in [0.25, 0.3) is 0 Å². The fourth-order valence-electron chi connectivity index (χ4n) is 1.98. The molecular weight excluding hydrogens is 232 g/mol. The van der Waals surface area contributed by atoms with Crippen molar-refractivity contribution in [1.29, 1.82) is 0 Å². The molecule has 0 spiro atoms. The third-order valence-electron chi connectivity index (χ3n) is 3.17. The quantitative estimate of drug-likeness (QED) is 0.261. The van der Waals surface area contributed by atoms with Gasteiger partial charge in [0, 0.05) is 19.6 Å². The zero-order valence-electron chi connectivity index (χ0n) is 11.6. The van der Waals surface area contributed by atoms with Gasteiger partial charge in [0.1, 0.15) is 0 Å². The predicted molar refractivity (Wildman–Crippen MR) is 72.8 cm³/mol. The van der Waals surface area contributed by atoms with E-state index in [0.717, 1.165) is 12.8 Å². The van der Waals surface area contributed by atoms with Gasteiger partial charge in [0.2, 0.25) is 0 Å². The van der Waals surface area contributed by atoms with E-state index in [4.69, 9.17) is 5.73 Å². The van der Waals surface area contributed by atoms with Crippen molar-refractivity contribution in [3.8, 4) is 0 Å². The summed E-state index contributed by atoms with van der Waals surface area (Å²) in [7, 11) is 0. The second-order valence-corrected chi connectivity index (χ2v) is 4.93. The summed E-state index contributed by atoms with van der Waals surface area (Å²) in [5.74, 6) is -3.15. The molecule has 0 saturated carbocycles. The maximum Gasteiger partial charge on any atom is 0.279 e. The lowest BCUT2D eigenvalue weighted by atomic mass is 9.97. The van der Waals surface area contributed by atoms with Crippen molar-refractivity contribution >= 4 is 0 Å². The third kappa shape index (κ3) is 9.79. The second-order valence-electron chi connectivity index (χ2n) is 4.93. The highest BCUT2D eigenvalue weighted by Crippen LogP contribution is 2.19. The number of hydrogen-bond acceptors (Lipinski definition) is 5. The van der Waals surface area contributed by atoms with Gasteiger partial charge in [0.15, 0.2) is 0 Å². The Bertz CT molecular complexity index is 184. The summed E-state index contributed by atoms with van der Waals surface area (Å²) in [5.41, 5.74) is 5.34. The van der Waals surface area contributed by atoms with E-state index in [2.05, 4.69) is 12.2 Å². The van der Waals surface area contributed by atoms with Crippen molar-refractivity contribution in [3.63, 3.8) is 0 Å². The van der Waals surface area contributed by atoms with E-state index in [-0.39, 0.29) is 0 Å². The van der Waals surface area contributed by atoms with Gasteiger partial charge in [-0.25, -0.2) is 0 Å². The molecule has 6 N–H and O–H groups in total. The number of aliphatic hydroxyl groups is 3. The number of rotatable bonds is 12. The molecule has 0 aromatic carbocycles. The summed E-state index contributed by atoms with van der Waals surface area (Å²) >= 11 is 0. The first kappa shape index (κ1) is 17.8. The largest absolute Gasteiger partial charge is 0.343 e. The molecule has 0 heterocycles. The number of nitrogens with two attached hydrogens (primary N) is 1. The highest BCUT2D eigenvalue weighted by atomic mass is 16.7. The van der Waals surface area contributed by atoms with E-state index < -0.39 is 11.9 Å². The van der Waals surface area contributed by atoms with E-state index in [0.29, 0.717) is 26.1 Å². The van der Waals surface area contributed by atoms with Crippen molar-refractivity contribution in [2.45, 2.75) is 57.8 Å². The third-order valence-corrected chi connectivity index (χ3v) is 3.17. The van der Waals surface area contributed by atoms with Gasteiger partial charge in [0.05, 0.1) is 5.92 Å². The van der Waals surface area contributed by atoms with Gasteiger partial charge < -0.3 is 26.4 Å². The molecular formula is C13H30N2O3. The first-order valence-electron chi connectivity index (χ1n) is 7.10. The molecule has 0 radical (unpaired) electrons. The zero-order chi connectivity index (χ0) is 13.9. The molecule has 0 aliphatic carbocycles. The van der Waals surface area contributed by atoms with Crippen LogP contribution in [0.5, 0.6) is 0 Å². The van der Waals surface area contributed by atoms with Crippen molar-refractivity contribution in [3.05, 3.63) is 0 Å². The maximum atomic E-state index is 9.26. The Kier molecular flexibility index (Phi) is 10.6. The van der Waals surface area contributed by atoms with Crippen LogP contribution in [-0.2, 0) is 0 Å². The predicted octanol–water partition coefficient (Wildman–Crippen LogP) is 0.532. The monoisotopic (exact) mass is 262 g/mol. The molecule has 1 atom stereocenters. The molecule has 110 valence electrons. The topological polar surface area (TPSA) is 98.7 Å². The highest BCUT2D eigenvalue weighted by molar-refractivity contribution is 4.69. The SMILES string of the molecule is CCCCCCCCC(CNCCN)C(O)(O)O. The second kappa shape index (κ2) is 10.7. The normalized spacial score (nSPS) is 13.8. The van der Waals surface area contributed by atoms with Crippen LogP contribution in [0.4, 0.5) is 0 Å². The minimum absolute atomic E-state index is 0.371. The lowest BCUT2D eigenvalue weighted by Gasteiger charge is -2.26. The average Bonchev–Trinajstić information content (AvgIpc) is 2.30. The molecule has 0 aliphatic rings. The Morgan fingerprint density at radius 1 is 1.06 bits per heavy atom. The van der Waals surface area contributed by atoms with Gasteiger partial charge in [-0.2, -0.15) is 0 Å². The zero-order valence-corrected chi connectivity index (χ0v) is 11.6. The number of nitrogens with one attached hydrogen (secondary N) is 1. The maximum absolute atomic E-state index is 9.26. The molecule has 0 saturated heterocycles. The molecule has 0 amide bonds. The van der Waals surface area contributed by atoms with Crippen molar-refractivity contribution < 1.29 is 15.3 Å². The van der Waals surface area contributed by atoms with Crippen LogP contribution in [0.2, 0.25) is 0 Å². The molecule has 0 bridgehead atoms. The van der Waals surface area contributed by atoms with Gasteiger partial charge in [-0.15, -0.1) is 0 Å². The van der Waals surface area contributed by atoms with Gasteiger partial charge in [0.25, 0.3) is 5.97 Å². The summed E-state index contributed by atoms with van der Waals surface area (Å²) in [6.07, 6.45) is 7.46. The summed E-state index contributed by atoms with van der Waals surface area (Å²) < 4.78 is 0. The molecule has 0 fully saturated rings. The Balaban J connectivity index is 3.73. The molecule has 0 rings (SSSR count). The molecule has 5 heteroatoms.